The van der Waals surface area contributed by atoms with Crippen molar-refractivity contribution in [3.8, 4) is 5.75 Å². The van der Waals surface area contributed by atoms with Crippen molar-refractivity contribution in [3.05, 3.63) is 89.5 Å². The molecule has 196 valence electrons. The number of para-hydroxylation sites is 2. The molecule has 0 spiro atoms. The van der Waals surface area contributed by atoms with Gasteiger partial charge in [-0.2, -0.15) is 0 Å². The Morgan fingerprint density at radius 1 is 0.946 bits per heavy atom. The molecule has 1 aliphatic heterocycles. The van der Waals surface area contributed by atoms with E-state index in [0.29, 0.717) is 24.6 Å². The normalized spacial score (nSPS) is 13.9. The molecule has 0 aliphatic carbocycles. The Balaban J connectivity index is 1.56. The predicted octanol–water partition coefficient (Wildman–Crippen LogP) is 4.50. The molecule has 4 rings (SSSR count). The summed E-state index contributed by atoms with van der Waals surface area (Å²) in [6.07, 6.45) is 2.43. The van der Waals surface area contributed by atoms with Gasteiger partial charge in [-0.3, -0.25) is 14.0 Å². The fraction of sp³-hybridized carbons (Fsp3) is 0.345. The van der Waals surface area contributed by atoms with Crippen LogP contribution in [0.4, 0.5) is 5.69 Å². The summed E-state index contributed by atoms with van der Waals surface area (Å²) in [6, 6.07) is 21.6. The van der Waals surface area contributed by atoms with Crippen LogP contribution in [-0.4, -0.2) is 45.5 Å². The number of nitrogens with zero attached hydrogens (tertiary/aromatic N) is 2. The van der Waals surface area contributed by atoms with Gasteiger partial charge in [-0.05, 0) is 75.2 Å². The number of carbonyl (C=O) groups excluding carboxylic acids is 1. The summed E-state index contributed by atoms with van der Waals surface area (Å²) in [5.74, 6) is 0.0161. The topological polar surface area (TPSA) is 79.0 Å². The van der Waals surface area contributed by atoms with E-state index in [1.54, 1.807) is 48.5 Å². The van der Waals surface area contributed by atoms with Crippen molar-refractivity contribution in [1.29, 1.82) is 0 Å². The Morgan fingerprint density at radius 2 is 1.59 bits per heavy atom. The first-order valence-corrected chi connectivity index (χ1v) is 14.2. The minimum atomic E-state index is -4.03. The van der Waals surface area contributed by atoms with Crippen molar-refractivity contribution in [2.24, 2.45) is 0 Å². The van der Waals surface area contributed by atoms with Gasteiger partial charge in [0.25, 0.3) is 10.0 Å². The Hall–Kier alpha value is -3.36. The summed E-state index contributed by atoms with van der Waals surface area (Å²) in [4.78, 5) is 15.7. The third-order valence-electron chi connectivity index (χ3n) is 6.52. The fourth-order valence-electron chi connectivity index (χ4n) is 4.52. The Bertz CT molecular complexity index is 1300. The SMILES string of the molecule is CCOc1ccccc1N(CC(=O)NCc1ccccc1CN1CCCC1)S(=O)(=O)c1ccc(C)cc1. The maximum absolute atomic E-state index is 13.7. The number of anilines is 1. The number of hydrogen-bond donors (Lipinski definition) is 1. The second-order valence-electron chi connectivity index (χ2n) is 9.25. The summed E-state index contributed by atoms with van der Waals surface area (Å²) >= 11 is 0. The number of aryl methyl sites for hydroxylation is 1. The highest BCUT2D eigenvalue weighted by molar-refractivity contribution is 7.92. The number of sulfonamides is 1. The Morgan fingerprint density at radius 3 is 2.30 bits per heavy atom. The van der Waals surface area contributed by atoms with Gasteiger partial charge in [-0.1, -0.05) is 54.1 Å². The molecular formula is C29H35N3O4S. The van der Waals surface area contributed by atoms with Crippen molar-refractivity contribution in [2.75, 3.05) is 30.5 Å². The lowest BCUT2D eigenvalue weighted by molar-refractivity contribution is -0.119. The molecule has 7 nitrogen and oxygen atoms in total. The molecule has 1 heterocycles. The first-order chi connectivity index (χ1) is 17.9. The lowest BCUT2D eigenvalue weighted by Crippen LogP contribution is -2.41. The number of hydrogen-bond acceptors (Lipinski definition) is 5. The average molecular weight is 522 g/mol. The third-order valence-corrected chi connectivity index (χ3v) is 8.29. The van der Waals surface area contributed by atoms with Gasteiger partial charge in [0.15, 0.2) is 0 Å². The van der Waals surface area contributed by atoms with Crippen molar-refractivity contribution < 1.29 is 17.9 Å². The van der Waals surface area contributed by atoms with Gasteiger partial charge in [0, 0.05) is 13.1 Å². The Labute approximate surface area is 220 Å². The lowest BCUT2D eigenvalue weighted by atomic mass is 10.1. The van der Waals surface area contributed by atoms with Crippen LogP contribution < -0.4 is 14.4 Å². The molecule has 0 atom stereocenters. The van der Waals surface area contributed by atoms with Crippen LogP contribution in [0.15, 0.2) is 77.7 Å². The van der Waals surface area contributed by atoms with Crippen LogP contribution in [0.3, 0.4) is 0 Å². The third kappa shape index (κ3) is 6.70. The molecular weight excluding hydrogens is 486 g/mol. The number of ether oxygens (including phenoxy) is 1. The van der Waals surface area contributed by atoms with Crippen molar-refractivity contribution in [3.63, 3.8) is 0 Å². The molecule has 3 aromatic carbocycles. The minimum absolute atomic E-state index is 0.119. The zero-order chi connectivity index (χ0) is 26.3. The highest BCUT2D eigenvalue weighted by Gasteiger charge is 2.29. The number of benzene rings is 3. The number of carbonyl (C=O) groups is 1. The van der Waals surface area contributed by atoms with E-state index < -0.39 is 15.9 Å². The van der Waals surface area contributed by atoms with Crippen LogP contribution in [0.1, 0.15) is 36.5 Å². The first-order valence-electron chi connectivity index (χ1n) is 12.8. The predicted molar refractivity (Wildman–Crippen MR) is 146 cm³/mol. The van der Waals surface area contributed by atoms with E-state index in [0.717, 1.165) is 35.1 Å². The largest absolute Gasteiger partial charge is 0.492 e. The van der Waals surface area contributed by atoms with E-state index >= 15 is 0 Å². The number of rotatable bonds is 11. The van der Waals surface area contributed by atoms with E-state index in [1.807, 2.05) is 32.0 Å². The first kappa shape index (κ1) is 26.7. The van der Waals surface area contributed by atoms with E-state index in [-0.39, 0.29) is 11.4 Å². The number of nitrogens with one attached hydrogen (secondary N) is 1. The van der Waals surface area contributed by atoms with Crippen LogP contribution in [0.25, 0.3) is 0 Å². The van der Waals surface area contributed by atoms with Gasteiger partial charge < -0.3 is 10.1 Å². The lowest BCUT2D eigenvalue weighted by Gasteiger charge is -2.26. The molecule has 0 saturated carbocycles. The van der Waals surface area contributed by atoms with E-state index in [2.05, 4.69) is 16.3 Å². The van der Waals surface area contributed by atoms with Gasteiger partial charge >= 0.3 is 0 Å². The average Bonchev–Trinajstić information content (AvgIpc) is 3.41. The summed E-state index contributed by atoms with van der Waals surface area (Å²) in [5, 5.41) is 2.94. The molecule has 0 bridgehead atoms. The van der Waals surface area contributed by atoms with Crippen LogP contribution in [0.5, 0.6) is 5.75 Å². The second-order valence-corrected chi connectivity index (χ2v) is 11.1. The van der Waals surface area contributed by atoms with Crippen LogP contribution in [-0.2, 0) is 27.9 Å². The van der Waals surface area contributed by atoms with E-state index in [4.69, 9.17) is 4.74 Å². The van der Waals surface area contributed by atoms with Crippen molar-refractivity contribution >= 4 is 21.6 Å². The summed E-state index contributed by atoms with van der Waals surface area (Å²) in [5.41, 5.74) is 3.49. The fourth-order valence-corrected chi connectivity index (χ4v) is 5.96. The van der Waals surface area contributed by atoms with Crippen molar-refractivity contribution in [1.82, 2.24) is 10.2 Å². The van der Waals surface area contributed by atoms with Crippen LogP contribution in [0, 0.1) is 6.92 Å². The van der Waals surface area contributed by atoms with E-state index in [9.17, 15) is 13.2 Å². The highest BCUT2D eigenvalue weighted by atomic mass is 32.2. The Kier molecular flexibility index (Phi) is 8.84. The quantitative estimate of drug-likeness (QED) is 0.402. The summed E-state index contributed by atoms with van der Waals surface area (Å²) in [7, 11) is -4.03. The second kappa shape index (κ2) is 12.3. The number of likely N-dealkylation sites (tertiary alicyclic amines) is 1. The maximum Gasteiger partial charge on any atom is 0.264 e. The number of amides is 1. The molecule has 1 saturated heterocycles. The molecule has 3 aromatic rings. The van der Waals surface area contributed by atoms with Crippen molar-refractivity contribution in [2.45, 2.75) is 44.7 Å². The van der Waals surface area contributed by atoms with Crippen LogP contribution in [0.2, 0.25) is 0 Å². The zero-order valence-electron chi connectivity index (χ0n) is 21.5. The monoisotopic (exact) mass is 521 g/mol. The van der Waals surface area contributed by atoms with E-state index in [1.165, 1.54) is 18.4 Å². The molecule has 0 radical (unpaired) electrons. The van der Waals surface area contributed by atoms with Gasteiger partial charge in [0.2, 0.25) is 5.91 Å². The molecule has 0 unspecified atom stereocenters. The minimum Gasteiger partial charge on any atom is -0.492 e. The maximum atomic E-state index is 13.7. The standard InChI is InChI=1S/C29H35N3O4S/c1-3-36-28-13-7-6-12-27(28)32(37(34,35)26-16-14-23(2)15-17-26)22-29(33)30-20-24-10-4-5-11-25(24)21-31-18-8-9-19-31/h4-7,10-17H,3,8-9,18-22H2,1-2H3,(H,30,33). The van der Waals surface area contributed by atoms with Gasteiger partial charge in [-0.25, -0.2) is 8.42 Å². The summed E-state index contributed by atoms with van der Waals surface area (Å²) < 4.78 is 34.3. The molecule has 1 aliphatic rings. The van der Waals surface area contributed by atoms with Crippen LogP contribution >= 0.6 is 0 Å². The zero-order valence-corrected chi connectivity index (χ0v) is 22.3. The highest BCUT2D eigenvalue weighted by Crippen LogP contribution is 2.32. The molecule has 8 heteroatoms. The van der Waals surface area contributed by atoms with Gasteiger partial charge in [-0.15, -0.1) is 0 Å². The molecule has 1 amide bonds. The van der Waals surface area contributed by atoms with Gasteiger partial charge in [0.05, 0.1) is 17.2 Å². The molecule has 0 aromatic heterocycles. The van der Waals surface area contributed by atoms with Gasteiger partial charge in [0.1, 0.15) is 12.3 Å². The summed E-state index contributed by atoms with van der Waals surface area (Å²) in [6.45, 7) is 7.09. The smallest absolute Gasteiger partial charge is 0.264 e. The molecule has 1 fully saturated rings. The molecule has 37 heavy (non-hydrogen) atoms. The molecule has 1 N–H and O–H groups in total.